The molecule has 2 aromatic rings. The Labute approximate surface area is 186 Å². The van der Waals surface area contributed by atoms with E-state index in [4.69, 9.17) is 11.6 Å². The average Bonchev–Trinajstić information content (AvgIpc) is 2.76. The van der Waals surface area contributed by atoms with Gasteiger partial charge in [-0.05, 0) is 62.1 Å². The molecule has 0 radical (unpaired) electrons. The summed E-state index contributed by atoms with van der Waals surface area (Å²) in [6.07, 6.45) is 5.41. The number of nitrogens with zero attached hydrogens (tertiary/aromatic N) is 4. The molecule has 2 saturated heterocycles. The summed E-state index contributed by atoms with van der Waals surface area (Å²) in [4.78, 5) is 12.4. The number of rotatable bonds is 5. The highest BCUT2D eigenvalue weighted by Crippen LogP contribution is 2.29. The van der Waals surface area contributed by atoms with Crippen molar-refractivity contribution in [2.75, 3.05) is 38.1 Å². The molecule has 4 nitrogen and oxygen atoms in total. The van der Waals surface area contributed by atoms with E-state index < -0.39 is 0 Å². The molecule has 5 heteroatoms. The maximum atomic E-state index is 6.12. The molecule has 2 fully saturated rings. The molecule has 2 atom stereocenters. The van der Waals surface area contributed by atoms with Gasteiger partial charge in [-0.15, -0.1) is 0 Å². The average molecular weight is 427 g/mol. The molecule has 162 valence electrons. The molecule has 2 aliphatic rings. The molecule has 4 rings (SSSR count). The second-order valence-electron chi connectivity index (χ2n) is 9.34. The lowest BCUT2D eigenvalue weighted by Gasteiger charge is -2.51. The van der Waals surface area contributed by atoms with Crippen LogP contribution in [0.5, 0.6) is 0 Å². The Bertz CT molecular complexity index is 787. The van der Waals surface area contributed by atoms with Crippen molar-refractivity contribution in [1.82, 2.24) is 14.8 Å². The molecule has 1 aromatic carbocycles. The second kappa shape index (κ2) is 9.67. The zero-order valence-corrected chi connectivity index (χ0v) is 19.3. The lowest BCUT2D eigenvalue weighted by molar-refractivity contribution is -0.00723. The van der Waals surface area contributed by atoms with Gasteiger partial charge in [-0.25, -0.2) is 4.98 Å². The summed E-state index contributed by atoms with van der Waals surface area (Å²) in [5.74, 6) is 1.79. The van der Waals surface area contributed by atoms with Crippen molar-refractivity contribution in [2.24, 2.45) is 5.92 Å². The molecule has 0 bridgehead atoms. The highest BCUT2D eigenvalue weighted by atomic mass is 35.5. The number of piperazine rings is 1. The van der Waals surface area contributed by atoms with Crippen LogP contribution in [0.25, 0.3) is 0 Å². The van der Waals surface area contributed by atoms with E-state index in [0.717, 1.165) is 36.9 Å². The summed E-state index contributed by atoms with van der Waals surface area (Å²) in [6, 6.07) is 16.5. The van der Waals surface area contributed by atoms with E-state index in [9.17, 15) is 0 Å². The van der Waals surface area contributed by atoms with Gasteiger partial charge in [0.1, 0.15) is 5.82 Å². The van der Waals surface area contributed by atoms with E-state index in [1.165, 1.54) is 24.9 Å². The van der Waals surface area contributed by atoms with Crippen molar-refractivity contribution in [3.63, 3.8) is 0 Å². The topological polar surface area (TPSA) is 22.6 Å². The molecule has 0 saturated carbocycles. The van der Waals surface area contributed by atoms with Crippen LogP contribution in [0.4, 0.5) is 5.82 Å². The predicted molar refractivity (Wildman–Crippen MR) is 126 cm³/mol. The number of hydrogen-bond acceptors (Lipinski definition) is 4. The molecule has 3 heterocycles. The summed E-state index contributed by atoms with van der Waals surface area (Å²) in [6.45, 7) is 9.21. The van der Waals surface area contributed by atoms with Gasteiger partial charge in [0, 0.05) is 55.5 Å². The minimum Gasteiger partial charge on any atom is -0.357 e. The third kappa shape index (κ3) is 4.99. The zero-order valence-electron chi connectivity index (χ0n) is 18.5. The van der Waals surface area contributed by atoms with Crippen LogP contribution in [-0.2, 0) is 6.42 Å². The fourth-order valence-corrected chi connectivity index (χ4v) is 5.41. The van der Waals surface area contributed by atoms with E-state index >= 15 is 0 Å². The second-order valence-corrected chi connectivity index (χ2v) is 9.77. The Balaban J connectivity index is 1.47. The first-order valence-corrected chi connectivity index (χ1v) is 11.8. The molecule has 30 heavy (non-hydrogen) atoms. The molecule has 2 aliphatic heterocycles. The lowest BCUT2D eigenvalue weighted by Crippen LogP contribution is -2.63. The van der Waals surface area contributed by atoms with Crippen LogP contribution in [-0.4, -0.2) is 66.1 Å². The maximum Gasteiger partial charge on any atom is 0.128 e. The van der Waals surface area contributed by atoms with Crippen LogP contribution in [0, 0.1) is 5.92 Å². The summed E-state index contributed by atoms with van der Waals surface area (Å²) in [7, 11) is 2.31. The molecular weight excluding hydrogens is 392 g/mol. The van der Waals surface area contributed by atoms with Crippen molar-refractivity contribution < 1.29 is 0 Å². The molecule has 0 amide bonds. The molecule has 0 N–H and O–H groups in total. The fraction of sp³-hybridized carbons (Fsp3) is 0.560. The zero-order chi connectivity index (χ0) is 21.1. The summed E-state index contributed by atoms with van der Waals surface area (Å²) < 4.78 is 0. The Kier molecular flexibility index (Phi) is 6.97. The Hall–Kier alpha value is -1.62. The SMILES string of the molecule is CC(C)[C@H]1CN(C2CCN(c3ccccn3)CC2)[C@@H](Cc2ccc(Cl)cc2)CN1C. The van der Waals surface area contributed by atoms with Crippen molar-refractivity contribution in [3.05, 3.63) is 59.2 Å². The van der Waals surface area contributed by atoms with Crippen LogP contribution in [0.1, 0.15) is 32.3 Å². The first-order valence-electron chi connectivity index (χ1n) is 11.4. The van der Waals surface area contributed by atoms with E-state index in [0.29, 0.717) is 24.0 Å². The standard InChI is InChI=1S/C25H35ClN4/c1-19(2)24-18-30(22-11-14-29(15-12-22)25-6-4-5-13-27-25)23(17-28(24)3)16-20-7-9-21(26)10-8-20/h4-10,13,19,22-24H,11-12,14-18H2,1-3H3/t23-,24+/m0/s1. The van der Waals surface area contributed by atoms with Crippen LogP contribution in [0.3, 0.4) is 0 Å². The van der Waals surface area contributed by atoms with Gasteiger partial charge in [-0.2, -0.15) is 0 Å². The van der Waals surface area contributed by atoms with Gasteiger partial charge in [-0.3, -0.25) is 4.90 Å². The number of aromatic nitrogens is 1. The van der Waals surface area contributed by atoms with Crippen molar-refractivity contribution >= 4 is 17.4 Å². The van der Waals surface area contributed by atoms with Crippen LogP contribution in [0.2, 0.25) is 5.02 Å². The van der Waals surface area contributed by atoms with Gasteiger partial charge in [0.2, 0.25) is 0 Å². The van der Waals surface area contributed by atoms with Crippen LogP contribution < -0.4 is 4.90 Å². The number of likely N-dealkylation sites (N-methyl/N-ethyl adjacent to an activating group) is 1. The highest BCUT2D eigenvalue weighted by Gasteiger charge is 2.38. The third-order valence-corrected chi connectivity index (χ3v) is 7.24. The molecular formula is C25H35ClN4. The maximum absolute atomic E-state index is 6.12. The quantitative estimate of drug-likeness (QED) is 0.697. The molecule has 1 aromatic heterocycles. The molecule has 0 spiro atoms. The van der Waals surface area contributed by atoms with Crippen molar-refractivity contribution in [2.45, 2.75) is 51.2 Å². The fourth-order valence-electron chi connectivity index (χ4n) is 5.29. The minimum absolute atomic E-state index is 0.553. The normalized spacial score (nSPS) is 24.5. The summed E-state index contributed by atoms with van der Waals surface area (Å²) in [5, 5.41) is 0.818. The van der Waals surface area contributed by atoms with Crippen molar-refractivity contribution in [3.8, 4) is 0 Å². The van der Waals surface area contributed by atoms with Gasteiger partial charge in [0.25, 0.3) is 0 Å². The van der Waals surface area contributed by atoms with E-state index in [2.05, 4.69) is 64.8 Å². The monoisotopic (exact) mass is 426 g/mol. The predicted octanol–water partition coefficient (Wildman–Crippen LogP) is 4.59. The van der Waals surface area contributed by atoms with Crippen molar-refractivity contribution in [1.29, 1.82) is 0 Å². The number of benzene rings is 1. The Morgan fingerprint density at radius 3 is 2.40 bits per heavy atom. The van der Waals surface area contributed by atoms with Gasteiger partial charge in [0.15, 0.2) is 0 Å². The summed E-state index contributed by atoms with van der Waals surface area (Å²) >= 11 is 6.12. The van der Waals surface area contributed by atoms with E-state index in [1.54, 1.807) is 0 Å². The van der Waals surface area contributed by atoms with Gasteiger partial charge >= 0.3 is 0 Å². The largest absolute Gasteiger partial charge is 0.357 e. The third-order valence-electron chi connectivity index (χ3n) is 6.99. The number of halogens is 1. The highest BCUT2D eigenvalue weighted by molar-refractivity contribution is 6.30. The first kappa shape index (κ1) is 21.6. The minimum atomic E-state index is 0.553. The lowest BCUT2D eigenvalue weighted by atomic mass is 9.91. The van der Waals surface area contributed by atoms with E-state index in [-0.39, 0.29) is 0 Å². The van der Waals surface area contributed by atoms with E-state index in [1.807, 2.05) is 24.4 Å². The number of hydrogen-bond donors (Lipinski definition) is 0. The van der Waals surface area contributed by atoms with Crippen LogP contribution >= 0.6 is 11.6 Å². The van der Waals surface area contributed by atoms with Crippen LogP contribution in [0.15, 0.2) is 48.7 Å². The molecule has 0 aliphatic carbocycles. The number of pyridine rings is 1. The number of anilines is 1. The first-order chi connectivity index (χ1) is 14.5. The number of piperidine rings is 1. The smallest absolute Gasteiger partial charge is 0.128 e. The Morgan fingerprint density at radius 1 is 1.03 bits per heavy atom. The van der Waals surface area contributed by atoms with Gasteiger partial charge in [-0.1, -0.05) is 43.6 Å². The van der Waals surface area contributed by atoms with Gasteiger partial charge in [0.05, 0.1) is 0 Å². The Morgan fingerprint density at radius 2 is 1.77 bits per heavy atom. The summed E-state index contributed by atoms with van der Waals surface area (Å²) in [5.41, 5.74) is 1.39. The van der Waals surface area contributed by atoms with Gasteiger partial charge < -0.3 is 9.80 Å². The molecule has 0 unspecified atom stereocenters.